The Morgan fingerprint density at radius 1 is 0.848 bits per heavy atom. The first-order valence-corrected chi connectivity index (χ1v) is 11.4. The smallest absolute Gasteiger partial charge is 0.251 e. The van der Waals surface area contributed by atoms with Crippen LogP contribution in [0.25, 0.3) is 32.9 Å². The summed E-state index contributed by atoms with van der Waals surface area (Å²) in [4.78, 5) is 15.9. The van der Waals surface area contributed by atoms with E-state index in [1.807, 2.05) is 12.1 Å². The summed E-state index contributed by atoms with van der Waals surface area (Å²) in [5.41, 5.74) is 8.65. The van der Waals surface area contributed by atoms with Crippen LogP contribution in [-0.2, 0) is 6.42 Å². The minimum absolute atomic E-state index is 0.0227. The molecular formula is C29H25N3O. The van der Waals surface area contributed by atoms with Gasteiger partial charge in [-0.05, 0) is 59.9 Å². The highest BCUT2D eigenvalue weighted by molar-refractivity contribution is 6.12. The third-order valence-corrected chi connectivity index (χ3v) is 6.67. The van der Waals surface area contributed by atoms with Gasteiger partial charge in [-0.1, -0.05) is 60.7 Å². The second-order valence-corrected chi connectivity index (χ2v) is 8.77. The Bertz CT molecular complexity index is 1500. The number of para-hydroxylation sites is 1. The second-order valence-electron chi connectivity index (χ2n) is 8.77. The average Bonchev–Trinajstić information content (AvgIpc) is 3.24. The monoisotopic (exact) mass is 431 g/mol. The molecule has 1 aliphatic heterocycles. The van der Waals surface area contributed by atoms with Gasteiger partial charge in [0, 0.05) is 34.4 Å². The fourth-order valence-corrected chi connectivity index (χ4v) is 4.87. The topological polar surface area (TPSA) is 56.9 Å². The first kappa shape index (κ1) is 19.6. The zero-order valence-corrected chi connectivity index (χ0v) is 18.5. The molecule has 0 spiro atoms. The predicted molar refractivity (Wildman–Crippen MR) is 136 cm³/mol. The van der Waals surface area contributed by atoms with Crippen molar-refractivity contribution in [3.05, 3.63) is 102 Å². The van der Waals surface area contributed by atoms with Crippen molar-refractivity contribution < 1.29 is 4.79 Å². The first-order valence-electron chi connectivity index (χ1n) is 11.4. The van der Waals surface area contributed by atoms with Crippen molar-refractivity contribution in [2.45, 2.75) is 19.4 Å². The van der Waals surface area contributed by atoms with Gasteiger partial charge < -0.3 is 15.6 Å². The molecule has 0 aliphatic carbocycles. The van der Waals surface area contributed by atoms with Gasteiger partial charge in [-0.15, -0.1) is 0 Å². The Morgan fingerprint density at radius 3 is 2.55 bits per heavy atom. The number of H-pyrrole nitrogens is 1. The highest BCUT2D eigenvalue weighted by atomic mass is 16.1. The second kappa shape index (κ2) is 7.82. The standard InChI is InChI=1S/C29H25N3O/c1-18(19-6-3-2-4-7-19)31-27-9-5-8-23-25-17-22(12-13-26(25)32-28(23)27)21-11-10-20-14-15-30-29(33)24(20)16-21/h2-13,16-18,31-32H,14-15H2,1H3,(H,30,33). The molecule has 1 aliphatic rings. The molecule has 0 saturated carbocycles. The van der Waals surface area contributed by atoms with Crippen LogP contribution in [0, 0.1) is 0 Å². The molecular weight excluding hydrogens is 406 g/mol. The Balaban J connectivity index is 1.41. The van der Waals surface area contributed by atoms with Crippen molar-refractivity contribution in [3.8, 4) is 11.1 Å². The van der Waals surface area contributed by atoms with Gasteiger partial charge in [-0.2, -0.15) is 0 Å². The molecule has 3 N–H and O–H groups in total. The molecule has 1 unspecified atom stereocenters. The number of rotatable bonds is 4. The molecule has 1 atom stereocenters. The number of carbonyl (C=O) groups excluding carboxylic acids is 1. The molecule has 1 amide bonds. The summed E-state index contributed by atoms with van der Waals surface area (Å²) in [5.74, 6) is 0.0227. The van der Waals surface area contributed by atoms with E-state index in [1.165, 1.54) is 16.3 Å². The summed E-state index contributed by atoms with van der Waals surface area (Å²) in [6, 6.07) is 29.8. The van der Waals surface area contributed by atoms with Crippen LogP contribution in [0.2, 0.25) is 0 Å². The quantitative estimate of drug-likeness (QED) is 0.306. The number of benzene rings is 4. The van der Waals surface area contributed by atoms with Gasteiger partial charge in [0.1, 0.15) is 0 Å². The van der Waals surface area contributed by atoms with Gasteiger partial charge >= 0.3 is 0 Å². The summed E-state index contributed by atoms with van der Waals surface area (Å²) in [6.07, 6.45) is 0.889. The number of aromatic nitrogens is 1. The number of hydrogen-bond acceptors (Lipinski definition) is 2. The number of hydrogen-bond donors (Lipinski definition) is 3. The molecule has 4 heteroatoms. The highest BCUT2D eigenvalue weighted by Crippen LogP contribution is 2.35. The lowest BCUT2D eigenvalue weighted by molar-refractivity contribution is 0.0946. The average molecular weight is 432 g/mol. The van der Waals surface area contributed by atoms with E-state index in [4.69, 9.17) is 0 Å². The number of nitrogens with one attached hydrogen (secondary N) is 3. The SMILES string of the molecule is CC(Nc1cccc2c1[nH]c1ccc(-c3ccc4c(c3)C(=O)NCC4)cc12)c1ccccc1. The van der Waals surface area contributed by atoms with Crippen LogP contribution in [0.1, 0.15) is 34.5 Å². The molecule has 1 aromatic heterocycles. The molecule has 0 bridgehead atoms. The van der Waals surface area contributed by atoms with Crippen LogP contribution in [0.4, 0.5) is 5.69 Å². The highest BCUT2D eigenvalue weighted by Gasteiger charge is 2.17. The van der Waals surface area contributed by atoms with E-state index >= 15 is 0 Å². The lowest BCUT2D eigenvalue weighted by atomic mass is 9.94. The van der Waals surface area contributed by atoms with Gasteiger partial charge in [-0.25, -0.2) is 0 Å². The largest absolute Gasteiger partial charge is 0.377 e. The summed E-state index contributed by atoms with van der Waals surface area (Å²) in [6.45, 7) is 2.90. The van der Waals surface area contributed by atoms with Crippen molar-refractivity contribution in [2.75, 3.05) is 11.9 Å². The Labute approximate surface area is 192 Å². The Kier molecular flexibility index (Phi) is 4.65. The zero-order chi connectivity index (χ0) is 22.4. The summed E-state index contributed by atoms with van der Waals surface area (Å²) >= 11 is 0. The lowest BCUT2D eigenvalue weighted by Gasteiger charge is -2.17. The molecule has 0 radical (unpaired) electrons. The van der Waals surface area contributed by atoms with E-state index in [2.05, 4.69) is 95.3 Å². The molecule has 0 saturated heterocycles. The minimum atomic E-state index is 0.0227. The van der Waals surface area contributed by atoms with Crippen molar-refractivity contribution in [1.82, 2.24) is 10.3 Å². The van der Waals surface area contributed by atoms with Gasteiger partial charge in [0.05, 0.1) is 11.2 Å². The van der Waals surface area contributed by atoms with Crippen LogP contribution in [0.15, 0.2) is 84.9 Å². The minimum Gasteiger partial charge on any atom is -0.377 e. The number of fused-ring (bicyclic) bond motifs is 4. The maximum atomic E-state index is 12.3. The Morgan fingerprint density at radius 2 is 1.67 bits per heavy atom. The van der Waals surface area contributed by atoms with Crippen molar-refractivity contribution in [3.63, 3.8) is 0 Å². The summed E-state index contributed by atoms with van der Waals surface area (Å²) < 4.78 is 0. The van der Waals surface area contributed by atoms with E-state index in [9.17, 15) is 4.79 Å². The van der Waals surface area contributed by atoms with E-state index in [-0.39, 0.29) is 11.9 Å². The molecule has 162 valence electrons. The van der Waals surface area contributed by atoms with Crippen LogP contribution in [0.3, 0.4) is 0 Å². The third kappa shape index (κ3) is 3.44. The van der Waals surface area contributed by atoms with Gasteiger partial charge in [-0.3, -0.25) is 4.79 Å². The van der Waals surface area contributed by atoms with Crippen molar-refractivity contribution in [2.24, 2.45) is 0 Å². The van der Waals surface area contributed by atoms with Gasteiger partial charge in [0.15, 0.2) is 0 Å². The fourth-order valence-electron chi connectivity index (χ4n) is 4.87. The van der Waals surface area contributed by atoms with Gasteiger partial charge in [0.25, 0.3) is 5.91 Å². The Hall–Kier alpha value is -4.05. The molecule has 5 aromatic rings. The van der Waals surface area contributed by atoms with E-state index in [0.717, 1.165) is 45.4 Å². The molecule has 4 aromatic carbocycles. The van der Waals surface area contributed by atoms with E-state index in [0.29, 0.717) is 6.54 Å². The first-order chi connectivity index (χ1) is 16.2. The van der Waals surface area contributed by atoms with Crippen LogP contribution in [0.5, 0.6) is 0 Å². The number of aromatic amines is 1. The van der Waals surface area contributed by atoms with Crippen molar-refractivity contribution in [1.29, 1.82) is 0 Å². The number of amides is 1. The number of carbonyl (C=O) groups is 1. The molecule has 6 rings (SSSR count). The maximum Gasteiger partial charge on any atom is 0.251 e. The maximum absolute atomic E-state index is 12.3. The molecule has 4 nitrogen and oxygen atoms in total. The molecule has 0 fully saturated rings. The van der Waals surface area contributed by atoms with Gasteiger partial charge in [0.2, 0.25) is 0 Å². The summed E-state index contributed by atoms with van der Waals surface area (Å²) in [5, 5.41) is 8.99. The third-order valence-electron chi connectivity index (χ3n) is 6.67. The van der Waals surface area contributed by atoms with Crippen LogP contribution in [-0.4, -0.2) is 17.4 Å². The lowest BCUT2D eigenvalue weighted by Crippen LogP contribution is -2.31. The fraction of sp³-hybridized carbons (Fsp3) is 0.138. The number of anilines is 1. The molecule has 33 heavy (non-hydrogen) atoms. The normalized spacial score (nSPS) is 14.2. The zero-order valence-electron chi connectivity index (χ0n) is 18.5. The molecule has 2 heterocycles. The van der Waals surface area contributed by atoms with E-state index in [1.54, 1.807) is 0 Å². The summed E-state index contributed by atoms with van der Waals surface area (Å²) in [7, 11) is 0. The van der Waals surface area contributed by atoms with Crippen LogP contribution >= 0.6 is 0 Å². The van der Waals surface area contributed by atoms with E-state index < -0.39 is 0 Å². The van der Waals surface area contributed by atoms with Crippen molar-refractivity contribution >= 4 is 33.4 Å². The predicted octanol–water partition coefficient (Wildman–Crippen LogP) is 6.45. The van der Waals surface area contributed by atoms with Crippen LogP contribution < -0.4 is 10.6 Å².